The van der Waals surface area contributed by atoms with Crippen LogP contribution in [0.15, 0.2) is 16.9 Å². The van der Waals surface area contributed by atoms with Crippen molar-refractivity contribution >= 4 is 17.8 Å². The molecule has 0 saturated heterocycles. The highest BCUT2D eigenvalue weighted by Gasteiger charge is 2.28. The second kappa shape index (κ2) is 5.48. The molecule has 23 heavy (non-hydrogen) atoms. The number of carboxylic acids is 2. The molecule has 0 unspecified atom stereocenters. The van der Waals surface area contributed by atoms with Gasteiger partial charge in [0.25, 0.3) is 5.56 Å². The standard InChI is InChI=1S/C15H14N2O6/c1-5-3-4-7(11(18)6(5)2)8-9(14(20)21)12(16)17-13(19)10(8)15(22)23/h3-4,18H,1-2H3,(H,20,21)(H,22,23)(H3,16,17,19). The fourth-order valence-corrected chi connectivity index (χ4v) is 2.32. The fourth-order valence-electron chi connectivity index (χ4n) is 2.32. The highest BCUT2D eigenvalue weighted by Crippen LogP contribution is 2.37. The van der Waals surface area contributed by atoms with Crippen LogP contribution in [0.4, 0.5) is 5.82 Å². The number of nitrogens with two attached hydrogens (primary N) is 1. The van der Waals surface area contributed by atoms with Gasteiger partial charge in [-0.25, -0.2) is 9.59 Å². The van der Waals surface area contributed by atoms with E-state index < -0.39 is 40.0 Å². The normalized spacial score (nSPS) is 10.5. The summed E-state index contributed by atoms with van der Waals surface area (Å²) in [5.41, 5.74) is 3.76. The molecule has 0 bridgehead atoms. The SMILES string of the molecule is Cc1ccc(-c2c(C(=O)O)c(N)[nH]c(=O)c2C(=O)O)c(O)c1C. The Morgan fingerprint density at radius 2 is 1.65 bits per heavy atom. The summed E-state index contributed by atoms with van der Waals surface area (Å²) in [5.74, 6) is -3.93. The smallest absolute Gasteiger partial charge is 0.342 e. The number of aromatic nitrogens is 1. The van der Waals surface area contributed by atoms with Gasteiger partial charge in [-0.15, -0.1) is 0 Å². The van der Waals surface area contributed by atoms with Gasteiger partial charge in [-0.3, -0.25) is 4.79 Å². The average molecular weight is 318 g/mol. The van der Waals surface area contributed by atoms with Crippen molar-refractivity contribution in [2.24, 2.45) is 0 Å². The number of carboxylic acid groups (broad SMARTS) is 2. The predicted octanol–water partition coefficient (Wildman–Crippen LogP) is 1.34. The van der Waals surface area contributed by atoms with Crippen LogP contribution in [0.25, 0.3) is 11.1 Å². The van der Waals surface area contributed by atoms with Crippen LogP contribution in [-0.2, 0) is 0 Å². The van der Waals surface area contributed by atoms with Crippen molar-refractivity contribution in [2.75, 3.05) is 5.73 Å². The summed E-state index contributed by atoms with van der Waals surface area (Å²) >= 11 is 0. The van der Waals surface area contributed by atoms with Gasteiger partial charge >= 0.3 is 11.9 Å². The van der Waals surface area contributed by atoms with Crippen molar-refractivity contribution in [1.82, 2.24) is 4.98 Å². The molecule has 0 aliphatic heterocycles. The summed E-state index contributed by atoms with van der Waals surface area (Å²) in [5, 5.41) is 28.9. The quantitative estimate of drug-likeness (QED) is 0.572. The third-order valence-electron chi connectivity index (χ3n) is 3.64. The number of hydrogen-bond donors (Lipinski definition) is 5. The molecule has 0 amide bonds. The number of phenolic OH excluding ortho intramolecular Hbond substituents is 1. The van der Waals surface area contributed by atoms with E-state index in [1.807, 2.05) is 4.98 Å². The molecule has 1 heterocycles. The zero-order chi connectivity index (χ0) is 17.5. The van der Waals surface area contributed by atoms with Crippen molar-refractivity contribution in [3.8, 4) is 16.9 Å². The van der Waals surface area contributed by atoms with E-state index in [0.29, 0.717) is 5.56 Å². The largest absolute Gasteiger partial charge is 0.507 e. The van der Waals surface area contributed by atoms with E-state index >= 15 is 0 Å². The molecule has 6 N–H and O–H groups in total. The maximum atomic E-state index is 11.9. The van der Waals surface area contributed by atoms with Crippen molar-refractivity contribution in [1.29, 1.82) is 0 Å². The zero-order valence-corrected chi connectivity index (χ0v) is 12.3. The number of aromatic carboxylic acids is 2. The number of aryl methyl sites for hydroxylation is 1. The van der Waals surface area contributed by atoms with Gasteiger partial charge in [0, 0.05) is 11.1 Å². The van der Waals surface area contributed by atoms with E-state index in [4.69, 9.17) is 5.73 Å². The Labute approximate surface area is 129 Å². The van der Waals surface area contributed by atoms with E-state index in [1.165, 1.54) is 6.07 Å². The van der Waals surface area contributed by atoms with Crippen LogP contribution in [-0.4, -0.2) is 32.2 Å². The summed E-state index contributed by atoms with van der Waals surface area (Å²) in [6, 6.07) is 2.93. The minimum atomic E-state index is -1.62. The molecular weight excluding hydrogens is 304 g/mol. The number of pyridine rings is 1. The average Bonchev–Trinajstić information content (AvgIpc) is 2.43. The number of H-pyrrole nitrogens is 1. The summed E-state index contributed by atoms with van der Waals surface area (Å²) in [6.07, 6.45) is 0. The van der Waals surface area contributed by atoms with Gasteiger partial charge in [-0.05, 0) is 25.0 Å². The molecule has 0 aliphatic rings. The number of aromatic hydroxyl groups is 1. The highest BCUT2D eigenvalue weighted by molar-refractivity contribution is 6.08. The van der Waals surface area contributed by atoms with Crippen LogP contribution >= 0.6 is 0 Å². The lowest BCUT2D eigenvalue weighted by Crippen LogP contribution is -2.24. The Bertz CT molecular complexity index is 898. The summed E-state index contributed by atoms with van der Waals surface area (Å²) in [4.78, 5) is 36.8. The molecule has 2 rings (SSSR count). The molecule has 2 aromatic rings. The van der Waals surface area contributed by atoms with E-state index in [2.05, 4.69) is 0 Å². The Morgan fingerprint density at radius 3 is 2.17 bits per heavy atom. The molecule has 1 aromatic carbocycles. The van der Waals surface area contributed by atoms with Gasteiger partial charge in [-0.2, -0.15) is 0 Å². The molecule has 120 valence electrons. The summed E-state index contributed by atoms with van der Waals surface area (Å²) < 4.78 is 0. The maximum Gasteiger partial charge on any atom is 0.342 e. The molecule has 0 radical (unpaired) electrons. The van der Waals surface area contributed by atoms with E-state index in [0.717, 1.165) is 5.56 Å². The molecule has 0 saturated carbocycles. The van der Waals surface area contributed by atoms with Gasteiger partial charge in [0.05, 0.1) is 0 Å². The predicted molar refractivity (Wildman–Crippen MR) is 82.0 cm³/mol. The number of nitrogen functional groups attached to an aromatic ring is 1. The van der Waals surface area contributed by atoms with Crippen molar-refractivity contribution in [3.05, 3.63) is 44.7 Å². The minimum absolute atomic E-state index is 0.0827. The molecule has 0 spiro atoms. The van der Waals surface area contributed by atoms with Crippen LogP contribution in [0.5, 0.6) is 5.75 Å². The van der Waals surface area contributed by atoms with Gasteiger partial charge in [0.2, 0.25) is 0 Å². The third kappa shape index (κ3) is 2.50. The first-order chi connectivity index (χ1) is 10.7. The van der Waals surface area contributed by atoms with Crippen molar-refractivity contribution < 1.29 is 24.9 Å². The topological polar surface area (TPSA) is 154 Å². The first-order valence-electron chi connectivity index (χ1n) is 6.48. The first-order valence-corrected chi connectivity index (χ1v) is 6.48. The highest BCUT2D eigenvalue weighted by atomic mass is 16.4. The summed E-state index contributed by atoms with van der Waals surface area (Å²) in [6.45, 7) is 3.31. The number of aromatic amines is 1. The summed E-state index contributed by atoms with van der Waals surface area (Å²) in [7, 11) is 0. The number of hydrogen-bond acceptors (Lipinski definition) is 5. The lowest BCUT2D eigenvalue weighted by molar-refractivity contribution is 0.0695. The molecule has 0 aliphatic carbocycles. The molecule has 0 fully saturated rings. The van der Waals surface area contributed by atoms with Crippen LogP contribution < -0.4 is 11.3 Å². The second-order valence-electron chi connectivity index (χ2n) is 5.01. The van der Waals surface area contributed by atoms with E-state index in [1.54, 1.807) is 19.9 Å². The Kier molecular flexibility index (Phi) is 3.84. The number of benzene rings is 1. The lowest BCUT2D eigenvalue weighted by atomic mass is 9.92. The van der Waals surface area contributed by atoms with Crippen molar-refractivity contribution in [3.63, 3.8) is 0 Å². The maximum absolute atomic E-state index is 11.9. The first kappa shape index (κ1) is 16.1. The van der Waals surface area contributed by atoms with E-state index in [9.17, 15) is 29.7 Å². The van der Waals surface area contributed by atoms with Gasteiger partial charge < -0.3 is 26.0 Å². The molecule has 8 nitrogen and oxygen atoms in total. The van der Waals surface area contributed by atoms with E-state index in [-0.39, 0.29) is 11.3 Å². The fraction of sp³-hybridized carbons (Fsp3) is 0.133. The Balaban J connectivity index is 3.07. The number of phenols is 1. The number of anilines is 1. The number of rotatable bonds is 3. The Hall–Kier alpha value is -3.29. The third-order valence-corrected chi connectivity index (χ3v) is 3.64. The van der Waals surface area contributed by atoms with Gasteiger partial charge in [-0.1, -0.05) is 12.1 Å². The lowest BCUT2D eigenvalue weighted by Gasteiger charge is -2.15. The molecule has 1 aromatic heterocycles. The monoisotopic (exact) mass is 318 g/mol. The van der Waals surface area contributed by atoms with Gasteiger partial charge in [0.15, 0.2) is 0 Å². The number of nitrogens with one attached hydrogen (secondary N) is 1. The minimum Gasteiger partial charge on any atom is -0.507 e. The van der Waals surface area contributed by atoms with Crippen molar-refractivity contribution in [2.45, 2.75) is 13.8 Å². The van der Waals surface area contributed by atoms with Crippen LogP contribution in [0.3, 0.4) is 0 Å². The molecule has 8 heteroatoms. The van der Waals surface area contributed by atoms with Crippen LogP contribution in [0.1, 0.15) is 31.8 Å². The van der Waals surface area contributed by atoms with Crippen LogP contribution in [0, 0.1) is 13.8 Å². The van der Waals surface area contributed by atoms with Crippen LogP contribution in [0.2, 0.25) is 0 Å². The molecule has 0 atom stereocenters. The zero-order valence-electron chi connectivity index (χ0n) is 12.3. The number of carbonyl (C=O) groups is 2. The van der Waals surface area contributed by atoms with Gasteiger partial charge in [0.1, 0.15) is 22.7 Å². The Morgan fingerprint density at radius 1 is 1.09 bits per heavy atom. The molecular formula is C15H14N2O6. The second-order valence-corrected chi connectivity index (χ2v) is 5.01.